The zero-order chi connectivity index (χ0) is 56.4. The lowest BCUT2D eigenvalue weighted by Gasteiger charge is -2.18. The predicted molar refractivity (Wildman–Crippen MR) is 339 cm³/mol. The van der Waals surface area contributed by atoms with Crippen molar-refractivity contribution >= 4 is 17.9 Å². The van der Waals surface area contributed by atoms with Crippen LogP contribution in [0.5, 0.6) is 0 Å². The summed E-state index contributed by atoms with van der Waals surface area (Å²) in [6.07, 6.45) is 92.1. The van der Waals surface area contributed by atoms with Gasteiger partial charge in [0.15, 0.2) is 6.10 Å². The second-order valence-electron chi connectivity index (χ2n) is 20.9. The van der Waals surface area contributed by atoms with E-state index in [2.05, 4.69) is 154 Å². The summed E-state index contributed by atoms with van der Waals surface area (Å²) in [7, 11) is 0. The first-order valence-corrected chi connectivity index (χ1v) is 32.2. The molecule has 6 heteroatoms. The number of hydrogen-bond acceptors (Lipinski definition) is 6. The molecule has 0 aromatic heterocycles. The first-order chi connectivity index (χ1) is 38.5. The van der Waals surface area contributed by atoms with Crippen LogP contribution in [0.1, 0.15) is 284 Å². The number of allylic oxidation sites excluding steroid dienone is 22. The third-order valence-electron chi connectivity index (χ3n) is 13.4. The van der Waals surface area contributed by atoms with Gasteiger partial charge in [0.05, 0.1) is 0 Å². The van der Waals surface area contributed by atoms with E-state index >= 15 is 0 Å². The Morgan fingerprint density at radius 2 is 0.500 bits per heavy atom. The number of carbonyl (C=O) groups is 3. The minimum Gasteiger partial charge on any atom is -0.462 e. The van der Waals surface area contributed by atoms with Crippen LogP contribution in [0.15, 0.2) is 134 Å². The minimum absolute atomic E-state index is 0.0837. The smallest absolute Gasteiger partial charge is 0.306 e. The van der Waals surface area contributed by atoms with Gasteiger partial charge in [0.25, 0.3) is 0 Å². The van der Waals surface area contributed by atoms with Gasteiger partial charge in [-0.1, -0.05) is 283 Å². The van der Waals surface area contributed by atoms with Gasteiger partial charge >= 0.3 is 17.9 Å². The quantitative estimate of drug-likeness (QED) is 0.0261. The summed E-state index contributed by atoms with van der Waals surface area (Å²) in [4.78, 5) is 38.0. The molecule has 0 aromatic rings. The maximum absolute atomic E-state index is 12.8. The van der Waals surface area contributed by atoms with Crippen molar-refractivity contribution in [3.63, 3.8) is 0 Å². The van der Waals surface area contributed by atoms with Gasteiger partial charge in [0, 0.05) is 19.3 Å². The number of esters is 3. The SMILES string of the molecule is CC/C=C\C/C=C\C/C=C\C/C=C\C/C=C\C/C=C\C/C=C\CCCCCCCCCCCCCC(=O)OCC(COC(=O)CCCCCCCC)OC(=O)CCCCCCCCCC/C=C\C/C=C\C/C=C\C/C=C\CC. The van der Waals surface area contributed by atoms with Crippen molar-refractivity contribution in [2.45, 2.75) is 290 Å². The normalized spacial score (nSPS) is 13.0. The van der Waals surface area contributed by atoms with Crippen molar-refractivity contribution in [3.8, 4) is 0 Å². The molecular formula is C72H118O6. The van der Waals surface area contributed by atoms with Gasteiger partial charge in [0.1, 0.15) is 13.2 Å². The molecule has 6 nitrogen and oxygen atoms in total. The first kappa shape index (κ1) is 73.5. The van der Waals surface area contributed by atoms with Crippen LogP contribution >= 0.6 is 0 Å². The Morgan fingerprint density at radius 3 is 0.782 bits per heavy atom. The second kappa shape index (κ2) is 65.1. The lowest BCUT2D eigenvalue weighted by molar-refractivity contribution is -0.167. The van der Waals surface area contributed by atoms with Crippen LogP contribution in [0.3, 0.4) is 0 Å². The zero-order valence-corrected chi connectivity index (χ0v) is 50.6. The van der Waals surface area contributed by atoms with E-state index in [0.29, 0.717) is 19.3 Å². The van der Waals surface area contributed by atoms with Gasteiger partial charge in [-0.3, -0.25) is 14.4 Å². The van der Waals surface area contributed by atoms with Gasteiger partial charge in [-0.25, -0.2) is 0 Å². The Bertz CT molecular complexity index is 1670. The van der Waals surface area contributed by atoms with E-state index in [4.69, 9.17) is 14.2 Å². The number of carbonyl (C=O) groups excluding carboxylic acids is 3. The van der Waals surface area contributed by atoms with Crippen molar-refractivity contribution in [1.29, 1.82) is 0 Å². The third-order valence-corrected chi connectivity index (χ3v) is 13.4. The summed E-state index contributed by atoms with van der Waals surface area (Å²) in [5, 5.41) is 0. The molecule has 0 aliphatic rings. The van der Waals surface area contributed by atoms with Crippen LogP contribution in [0, 0.1) is 0 Å². The van der Waals surface area contributed by atoms with Crippen molar-refractivity contribution in [2.75, 3.05) is 13.2 Å². The summed E-state index contributed by atoms with van der Waals surface area (Å²) in [6, 6.07) is 0. The number of rotatable bonds is 57. The fourth-order valence-electron chi connectivity index (χ4n) is 8.65. The molecule has 0 radical (unpaired) electrons. The molecule has 78 heavy (non-hydrogen) atoms. The van der Waals surface area contributed by atoms with Gasteiger partial charge in [-0.15, -0.1) is 0 Å². The highest BCUT2D eigenvalue weighted by Gasteiger charge is 2.19. The maximum Gasteiger partial charge on any atom is 0.306 e. The molecule has 1 unspecified atom stereocenters. The van der Waals surface area contributed by atoms with Crippen molar-refractivity contribution in [3.05, 3.63) is 134 Å². The van der Waals surface area contributed by atoms with E-state index in [-0.39, 0.29) is 31.1 Å². The Balaban J connectivity index is 4.10. The van der Waals surface area contributed by atoms with Crippen LogP contribution in [0.4, 0.5) is 0 Å². The van der Waals surface area contributed by atoms with Crippen LogP contribution in [-0.2, 0) is 28.6 Å². The Hall–Kier alpha value is -4.45. The van der Waals surface area contributed by atoms with Crippen LogP contribution in [0.25, 0.3) is 0 Å². The number of unbranched alkanes of at least 4 members (excludes halogenated alkanes) is 24. The van der Waals surface area contributed by atoms with Gasteiger partial charge in [0.2, 0.25) is 0 Å². The summed E-state index contributed by atoms with van der Waals surface area (Å²) < 4.78 is 16.8. The molecule has 0 saturated carbocycles. The zero-order valence-electron chi connectivity index (χ0n) is 50.6. The van der Waals surface area contributed by atoms with E-state index in [1.807, 2.05) is 0 Å². The summed E-state index contributed by atoms with van der Waals surface area (Å²) in [6.45, 7) is 6.35. The molecule has 0 amide bonds. The largest absolute Gasteiger partial charge is 0.462 e. The van der Waals surface area contributed by atoms with Crippen molar-refractivity contribution < 1.29 is 28.6 Å². The lowest BCUT2D eigenvalue weighted by Crippen LogP contribution is -2.30. The highest BCUT2D eigenvalue weighted by atomic mass is 16.6. The molecule has 0 bridgehead atoms. The van der Waals surface area contributed by atoms with E-state index in [1.165, 1.54) is 109 Å². The van der Waals surface area contributed by atoms with E-state index in [9.17, 15) is 14.4 Å². The van der Waals surface area contributed by atoms with Crippen LogP contribution in [0.2, 0.25) is 0 Å². The molecule has 0 spiro atoms. The standard InChI is InChI=1S/C72H118O6/c1-4-7-10-13-16-18-20-22-24-26-28-30-31-32-33-34-35-36-37-38-39-40-41-43-44-46-48-50-52-54-56-59-62-65-71(74)77-68-69(67-76-70(73)64-61-58-15-12-9-6-3)78-72(75)66-63-60-57-55-53-51-49-47-45-42-29-27-25-23-21-19-17-14-11-8-5-2/h7-8,10-11,16-19,22-25,28-30,32-33,35-36,38-39,42,69H,4-6,9,12-15,20-21,26-27,31,34,37,40-41,43-68H2,1-3H3/b10-7-,11-8-,18-16-,19-17-,24-22-,25-23-,30-28-,33-32-,36-35-,39-38-,42-29-. The Labute approximate surface area is 481 Å². The average molecular weight is 1080 g/mol. The minimum atomic E-state index is -0.784. The Kier molecular flexibility index (Phi) is 61.4. The van der Waals surface area contributed by atoms with Gasteiger partial charge < -0.3 is 14.2 Å². The van der Waals surface area contributed by atoms with Crippen molar-refractivity contribution in [2.24, 2.45) is 0 Å². The second-order valence-corrected chi connectivity index (χ2v) is 20.9. The van der Waals surface area contributed by atoms with E-state index in [1.54, 1.807) is 0 Å². The molecule has 0 aliphatic carbocycles. The fraction of sp³-hybridized carbons (Fsp3) is 0.653. The molecular weight excluding hydrogens is 961 g/mol. The van der Waals surface area contributed by atoms with Gasteiger partial charge in [-0.05, 0) is 116 Å². The van der Waals surface area contributed by atoms with Gasteiger partial charge in [-0.2, -0.15) is 0 Å². The first-order valence-electron chi connectivity index (χ1n) is 32.2. The number of hydrogen-bond donors (Lipinski definition) is 0. The maximum atomic E-state index is 12.8. The molecule has 0 aromatic carbocycles. The topological polar surface area (TPSA) is 78.9 Å². The average Bonchev–Trinajstić information content (AvgIpc) is 3.44. The summed E-state index contributed by atoms with van der Waals surface area (Å²) in [5.41, 5.74) is 0. The van der Waals surface area contributed by atoms with Crippen LogP contribution < -0.4 is 0 Å². The Morgan fingerprint density at radius 1 is 0.269 bits per heavy atom. The molecule has 0 N–H and O–H groups in total. The highest BCUT2D eigenvalue weighted by Crippen LogP contribution is 2.15. The third kappa shape index (κ3) is 62.4. The summed E-state index contributed by atoms with van der Waals surface area (Å²) in [5.74, 6) is -0.903. The monoisotopic (exact) mass is 1080 g/mol. The predicted octanol–water partition coefficient (Wildman–Crippen LogP) is 22.2. The molecule has 0 aliphatic heterocycles. The molecule has 0 rings (SSSR count). The molecule has 0 fully saturated rings. The summed E-state index contributed by atoms with van der Waals surface area (Å²) >= 11 is 0. The highest BCUT2D eigenvalue weighted by molar-refractivity contribution is 5.71. The molecule has 1 atom stereocenters. The number of ether oxygens (including phenoxy) is 3. The molecule has 0 heterocycles. The van der Waals surface area contributed by atoms with E-state index < -0.39 is 6.10 Å². The molecule has 442 valence electrons. The molecule has 0 saturated heterocycles. The van der Waals surface area contributed by atoms with Crippen molar-refractivity contribution in [1.82, 2.24) is 0 Å². The fourth-order valence-corrected chi connectivity index (χ4v) is 8.65. The van der Waals surface area contributed by atoms with Crippen LogP contribution in [-0.4, -0.2) is 37.2 Å². The van der Waals surface area contributed by atoms with E-state index in [0.717, 1.165) is 135 Å². The lowest BCUT2D eigenvalue weighted by atomic mass is 10.0.